The summed E-state index contributed by atoms with van der Waals surface area (Å²) >= 11 is 2.71. The first-order valence-corrected chi connectivity index (χ1v) is 35.7. The summed E-state index contributed by atoms with van der Waals surface area (Å²) in [5, 5.41) is 59.2. The van der Waals surface area contributed by atoms with Gasteiger partial charge in [-0.2, -0.15) is 10.5 Å². The zero-order chi connectivity index (χ0) is 71.4. The van der Waals surface area contributed by atoms with Crippen molar-refractivity contribution in [2.24, 2.45) is 0 Å². The Morgan fingerprint density at radius 2 is 1.11 bits per heavy atom. The van der Waals surface area contributed by atoms with Gasteiger partial charge in [0.2, 0.25) is 19.4 Å². The number of hydrogen-bond acceptors (Lipinski definition) is 28. The number of carbonyl (C=O) groups is 5. The van der Waals surface area contributed by atoms with Crippen LogP contribution in [0.2, 0.25) is 0 Å². The second kappa shape index (κ2) is 25.3. The van der Waals surface area contributed by atoms with E-state index >= 15 is 4.79 Å². The van der Waals surface area contributed by atoms with Gasteiger partial charge >= 0.3 is 23.9 Å². The van der Waals surface area contributed by atoms with E-state index in [0.717, 1.165) is 27.8 Å². The molecule has 12 aliphatic rings. The highest BCUT2D eigenvalue weighted by molar-refractivity contribution is 8.00. The molecule has 8 bridgehead atoms. The number of nitrogens with one attached hydrogen (secondary N) is 1. The zero-order valence-corrected chi connectivity index (χ0v) is 59.4. The number of hydrogen-bond donors (Lipinski definition) is 4. The zero-order valence-electron chi connectivity index (χ0n) is 57.8. The smallest absolute Gasteiger partial charge is 0.375 e. The Labute approximate surface area is 590 Å². The molecule has 4 fully saturated rings. The van der Waals surface area contributed by atoms with E-state index in [4.69, 9.17) is 52.1 Å². The van der Waals surface area contributed by atoms with Crippen LogP contribution in [0, 0.1) is 50.4 Å². The molecule has 0 aliphatic carbocycles. The van der Waals surface area contributed by atoms with E-state index in [1.165, 1.54) is 58.7 Å². The summed E-state index contributed by atoms with van der Waals surface area (Å²) in [5.41, 5.74) is 8.57. The van der Waals surface area contributed by atoms with Crippen LogP contribution in [-0.2, 0) is 58.2 Å². The summed E-state index contributed by atoms with van der Waals surface area (Å²) in [4.78, 5) is 74.7. The molecule has 14 atom stereocenters. The second-order valence-electron chi connectivity index (χ2n) is 27.6. The minimum absolute atomic E-state index is 0.0194. The van der Waals surface area contributed by atoms with Crippen LogP contribution < -0.4 is 47.9 Å². The van der Waals surface area contributed by atoms with Gasteiger partial charge in [0.05, 0.1) is 73.9 Å². The number of cyclic esters (lactones) is 1. The van der Waals surface area contributed by atoms with Crippen LogP contribution in [0.5, 0.6) is 69.0 Å². The fraction of sp³-hybridized carbons (Fsp3) is 0.493. The molecule has 101 heavy (non-hydrogen) atoms. The van der Waals surface area contributed by atoms with Crippen LogP contribution >= 0.6 is 23.5 Å². The van der Waals surface area contributed by atoms with Gasteiger partial charge in [0.25, 0.3) is 0 Å². The number of esters is 4. The molecule has 12 heterocycles. The lowest BCUT2D eigenvalue weighted by molar-refractivity contribution is -0.158. The molecule has 0 aromatic heterocycles. The van der Waals surface area contributed by atoms with Crippen molar-refractivity contribution < 1.29 is 91.4 Å². The van der Waals surface area contributed by atoms with Crippen molar-refractivity contribution in [3.05, 3.63) is 102 Å². The van der Waals surface area contributed by atoms with E-state index < -0.39 is 94.0 Å². The molecule has 0 amide bonds. The number of phenolic OH excluding ortho intramolecular Hbond substituents is 3. The molecule has 1 spiro atoms. The van der Waals surface area contributed by atoms with E-state index in [1.54, 1.807) is 19.1 Å². The number of nitrogens with zero attached hydrogens (tertiary/aromatic N) is 6. The van der Waals surface area contributed by atoms with Crippen molar-refractivity contribution in [3.8, 4) is 81.1 Å². The molecule has 17 rings (SSSR count). The maximum absolute atomic E-state index is 15.0. The first-order chi connectivity index (χ1) is 48.5. The third-order valence-electron chi connectivity index (χ3n) is 22.6. The first kappa shape index (κ1) is 67.9. The predicted molar refractivity (Wildman–Crippen MR) is 362 cm³/mol. The summed E-state index contributed by atoms with van der Waals surface area (Å²) < 4.78 is 65.4. The number of ether oxygens (including phenoxy) is 11. The third kappa shape index (κ3) is 10.00. The van der Waals surface area contributed by atoms with Gasteiger partial charge in [0.1, 0.15) is 36.8 Å². The summed E-state index contributed by atoms with van der Waals surface area (Å²) in [5.74, 6) is 0.134. The van der Waals surface area contributed by atoms with Crippen molar-refractivity contribution in [2.45, 2.75) is 157 Å². The van der Waals surface area contributed by atoms with E-state index in [0.29, 0.717) is 122 Å². The summed E-state index contributed by atoms with van der Waals surface area (Å²) in [6, 6.07) is 7.00. The van der Waals surface area contributed by atoms with Gasteiger partial charge in [-0.3, -0.25) is 39.3 Å². The maximum Gasteiger partial charge on any atom is 0.375 e. The highest BCUT2D eigenvalue weighted by Gasteiger charge is 2.64. The van der Waals surface area contributed by atoms with Crippen molar-refractivity contribution in [1.29, 1.82) is 10.5 Å². The van der Waals surface area contributed by atoms with E-state index in [9.17, 15) is 45.0 Å². The van der Waals surface area contributed by atoms with Crippen LogP contribution in [0.25, 0.3) is 0 Å². The number of aryl methyl sites for hydroxylation is 2. The maximum atomic E-state index is 15.0. The van der Waals surface area contributed by atoms with Crippen molar-refractivity contribution in [2.75, 3.05) is 73.7 Å². The molecule has 28 heteroatoms. The number of methoxy groups -OCH3 is 3. The topological polar surface area (TPSA) is 320 Å². The van der Waals surface area contributed by atoms with Gasteiger partial charge in [-0.25, -0.2) is 9.59 Å². The number of likely N-dealkylation sites (N-methyl/N-ethyl adjacent to an activating group) is 2. The number of phenols is 3. The Kier molecular flexibility index (Phi) is 17.0. The number of piperazine rings is 2. The lowest BCUT2D eigenvalue weighted by atomic mass is 9.71. The Morgan fingerprint density at radius 3 is 1.57 bits per heavy atom. The van der Waals surface area contributed by atoms with Crippen LogP contribution in [-0.4, -0.2) is 181 Å². The molecule has 26 nitrogen and oxygen atoms in total. The molecule has 0 radical (unpaired) electrons. The van der Waals surface area contributed by atoms with E-state index in [2.05, 4.69) is 37.1 Å². The molecule has 530 valence electrons. The number of thioether (sulfide) groups is 2. The quantitative estimate of drug-likeness (QED) is 0.0723. The fourth-order valence-corrected chi connectivity index (χ4v) is 21.5. The van der Waals surface area contributed by atoms with Crippen molar-refractivity contribution >= 4 is 53.2 Å². The average Bonchev–Trinajstić information content (AvgIpc) is 1.31. The molecule has 4 saturated heterocycles. The molecule has 12 aliphatic heterocycles. The van der Waals surface area contributed by atoms with Gasteiger partial charge < -0.3 is 67.4 Å². The van der Waals surface area contributed by atoms with Gasteiger partial charge in [-0.05, 0) is 113 Å². The van der Waals surface area contributed by atoms with Gasteiger partial charge in [0.15, 0.2) is 63.0 Å². The van der Waals surface area contributed by atoms with Crippen molar-refractivity contribution in [1.82, 2.24) is 24.9 Å². The highest BCUT2D eigenvalue weighted by Crippen LogP contribution is 2.67. The number of nitriles is 2. The molecular formula is C73H77N7O19S2. The summed E-state index contributed by atoms with van der Waals surface area (Å²) in [6.07, 6.45) is 2.25. The number of aromatic hydroxyl groups is 3. The van der Waals surface area contributed by atoms with Crippen LogP contribution in [0.15, 0.2) is 24.3 Å². The van der Waals surface area contributed by atoms with E-state index in [1.807, 2.05) is 53.9 Å². The standard InChI is InChI=1S/C42H46N4O10S.C31H31N3O9S/c1-8-23-10-21-12-28(48)29(51-6)13-24(21)42(44-23)16-57-40-32-31(39-38(54-17-55-39)19(3)37(32)56-20(4)47)27(15-53-41(42)50)46-26(14-43)25-11-22-9-18(2)36(52-7)35(49)30(22)33(34(40)46)45(25)5;1-12-6-15-7-16-17(8-32)34-18-9-40-31(38)19(36)10-44-30(24(34)23(33(16)4)20(15)25(37)26(12)39-5)22-21(18)29-28(41-11-42-29)13(2)27(22)43-14(3)35/h9,12-13,23,25-27,33-34,40,44,48-49H,8,10-11,15-17H2,1-7H3;6,16-18,23-24,30,37H,7,9-11H2,1-5H3/t23?,25-,26-,27-,33+,34?,40+,42+;16-,17-,18-,23+,24?,30+/m00/s1. The van der Waals surface area contributed by atoms with Crippen LogP contribution in [0.1, 0.15) is 140 Å². The lowest BCUT2D eigenvalue weighted by Crippen LogP contribution is -2.69. The van der Waals surface area contributed by atoms with Gasteiger partial charge in [0, 0.05) is 94.3 Å². The predicted octanol–water partition coefficient (Wildman–Crippen LogP) is 7.57. The number of Topliss-reactive ketones (excluding diaryl/α,β-unsaturated/α-hetero) is 1. The number of ketones is 1. The van der Waals surface area contributed by atoms with Gasteiger partial charge in [-0.15, -0.1) is 23.5 Å². The summed E-state index contributed by atoms with van der Waals surface area (Å²) in [7, 11) is 8.45. The molecule has 5 aromatic carbocycles. The molecule has 5 aromatic rings. The minimum Gasteiger partial charge on any atom is -0.504 e. The molecule has 4 N–H and O–H groups in total. The fourth-order valence-electron chi connectivity index (χ4n) is 18.5. The van der Waals surface area contributed by atoms with Crippen LogP contribution in [0.4, 0.5) is 0 Å². The number of rotatable bonds is 6. The number of fused-ring (bicyclic) bond motifs is 18. The minimum atomic E-state index is -1.39. The SMILES string of the molecule is CCC1Cc2cc(O)c(OC)cc2[C@@]2(CS[C@@H]3c4c(OC(C)=O)c(C)c5c(c4[C@H](COC2=O)N2C3[C@H]3c4c(cc(C)c(OC)c4O)C[C@@H]([C@@H]2C#N)N3C)OCO5)N1.COc1c(C)cc2c(c1O)[C@@H]1C3[C@@H]4SCC(=O)C(=O)OC[C@@H](c5c6c(c(C)c(OC(C)=O)c54)OCO6)N3[C@@H](C#N)[C@H](C2)N1C. The molecule has 0 saturated carbocycles. The van der Waals surface area contributed by atoms with E-state index in [-0.39, 0.29) is 79.4 Å². The molecule has 3 unspecified atom stereocenters. The monoisotopic (exact) mass is 1420 g/mol. The average molecular weight is 1420 g/mol. The van der Waals surface area contributed by atoms with Crippen LogP contribution in [0.3, 0.4) is 0 Å². The highest BCUT2D eigenvalue weighted by atomic mass is 32.2. The Balaban J connectivity index is 0.000000169. The largest absolute Gasteiger partial charge is 0.504 e. The Bertz CT molecular complexity index is 4520. The van der Waals surface area contributed by atoms with Crippen molar-refractivity contribution in [3.63, 3.8) is 0 Å². The first-order valence-electron chi connectivity index (χ1n) is 33.6. The lowest BCUT2D eigenvalue weighted by Gasteiger charge is -2.62. The Morgan fingerprint density at radius 1 is 0.624 bits per heavy atom. The normalized spacial score (nSPS) is 29.2. The molecular weight excluding hydrogens is 1340 g/mol. The Hall–Kier alpha value is -8.87. The number of benzene rings is 5. The second-order valence-corrected chi connectivity index (χ2v) is 29.9. The summed E-state index contributed by atoms with van der Waals surface area (Å²) in [6.45, 7) is 11.6. The van der Waals surface area contributed by atoms with Gasteiger partial charge in [-0.1, -0.05) is 19.1 Å². The number of carbonyl (C=O) groups excluding carboxylic acids is 5. The third-order valence-corrected chi connectivity index (χ3v) is 25.3.